The molecule has 0 spiro atoms. The minimum atomic E-state index is -4.77. The van der Waals surface area contributed by atoms with Gasteiger partial charge in [0.15, 0.2) is 0 Å². The average molecular weight is 438 g/mol. The van der Waals surface area contributed by atoms with Crippen molar-refractivity contribution < 1.29 is 41.4 Å². The van der Waals surface area contributed by atoms with E-state index in [9.17, 15) is 27.6 Å². The number of benzene rings is 1. The number of rotatable bonds is 6. The number of urea groups is 1. The van der Waals surface area contributed by atoms with Gasteiger partial charge in [0.2, 0.25) is 0 Å². The van der Waals surface area contributed by atoms with Crippen LogP contribution in [0.4, 0.5) is 18.0 Å². The van der Waals surface area contributed by atoms with Gasteiger partial charge < -0.3 is 24.5 Å². The van der Waals surface area contributed by atoms with E-state index in [0.717, 1.165) is 18.2 Å². The van der Waals surface area contributed by atoms with Crippen LogP contribution < -0.4 is 10.6 Å². The van der Waals surface area contributed by atoms with Gasteiger partial charge in [0.05, 0.1) is 35.3 Å². The van der Waals surface area contributed by atoms with Crippen LogP contribution in [0.5, 0.6) is 0 Å². The van der Waals surface area contributed by atoms with Gasteiger partial charge in [0.25, 0.3) is 0 Å². The number of nitrogens with one attached hydrogen (secondary N) is 2. The second kappa shape index (κ2) is 8.94. The van der Waals surface area contributed by atoms with Crippen LogP contribution in [0.2, 0.25) is 0 Å². The van der Waals surface area contributed by atoms with Gasteiger partial charge in [0, 0.05) is 0 Å². The largest absolute Gasteiger partial charge is 0.467 e. The lowest BCUT2D eigenvalue weighted by Gasteiger charge is -2.27. The lowest BCUT2D eigenvalue weighted by Crippen LogP contribution is -2.47. The summed E-state index contributed by atoms with van der Waals surface area (Å²) in [6, 6.07) is 5.40. The molecule has 1 aliphatic rings. The third-order valence-corrected chi connectivity index (χ3v) is 4.28. The Morgan fingerprint density at radius 2 is 1.84 bits per heavy atom. The molecule has 1 atom stereocenters. The number of ether oxygens (including phenoxy) is 2. The van der Waals surface area contributed by atoms with Crippen molar-refractivity contribution in [1.29, 1.82) is 0 Å². The van der Waals surface area contributed by atoms with E-state index in [-0.39, 0.29) is 23.6 Å². The minimum Gasteiger partial charge on any atom is -0.467 e. The van der Waals surface area contributed by atoms with Crippen LogP contribution in [0.15, 0.2) is 58.3 Å². The number of hydrogen-bond acceptors (Lipinski definition) is 6. The molecule has 0 saturated heterocycles. The number of esters is 2. The van der Waals surface area contributed by atoms with Crippen molar-refractivity contribution in [3.05, 3.63) is 70.8 Å². The number of carbonyl (C=O) groups excluding carboxylic acids is 3. The summed E-state index contributed by atoms with van der Waals surface area (Å²) in [5.74, 6) is -1.88. The fraction of sp³-hybridized carbons (Fsp3) is 0.250. The average Bonchev–Trinajstić information content (AvgIpc) is 3.26. The molecule has 31 heavy (non-hydrogen) atoms. The van der Waals surface area contributed by atoms with Gasteiger partial charge >= 0.3 is 24.1 Å². The van der Waals surface area contributed by atoms with Crippen molar-refractivity contribution in [2.45, 2.75) is 19.1 Å². The standard InChI is InChI=1S/C20H17F3N2O6/c1-2-29-18(27)15-13(24-19(28)25-16(15)14-8-5-9-30-14)10-31-17(26)11-6-3-4-7-12(11)20(21,22)23/h3-9,16H,2,10H2,1H3,(H2,24,25,28)/t16-/m1/s1. The van der Waals surface area contributed by atoms with Crippen LogP contribution in [0.25, 0.3) is 0 Å². The second-order valence-electron chi connectivity index (χ2n) is 6.28. The number of alkyl halides is 3. The molecule has 8 nitrogen and oxygen atoms in total. The van der Waals surface area contributed by atoms with Crippen molar-refractivity contribution in [3.63, 3.8) is 0 Å². The highest BCUT2D eigenvalue weighted by molar-refractivity contribution is 5.95. The molecule has 0 aliphatic carbocycles. The summed E-state index contributed by atoms with van der Waals surface area (Å²) in [7, 11) is 0. The molecule has 1 aliphatic heterocycles. The first-order valence-electron chi connectivity index (χ1n) is 9.06. The third kappa shape index (κ3) is 4.87. The lowest BCUT2D eigenvalue weighted by molar-refractivity contribution is -0.139. The Labute approximate surface area is 174 Å². The van der Waals surface area contributed by atoms with Crippen molar-refractivity contribution >= 4 is 18.0 Å². The van der Waals surface area contributed by atoms with E-state index in [0.29, 0.717) is 0 Å². The molecule has 1 aromatic carbocycles. The fourth-order valence-electron chi connectivity index (χ4n) is 2.97. The van der Waals surface area contributed by atoms with Crippen LogP contribution >= 0.6 is 0 Å². The zero-order valence-electron chi connectivity index (χ0n) is 16.1. The zero-order chi connectivity index (χ0) is 22.6. The summed E-state index contributed by atoms with van der Waals surface area (Å²) in [6.45, 7) is 0.917. The highest BCUT2D eigenvalue weighted by atomic mass is 19.4. The van der Waals surface area contributed by atoms with Gasteiger partial charge in [-0.2, -0.15) is 13.2 Å². The van der Waals surface area contributed by atoms with E-state index in [2.05, 4.69) is 10.6 Å². The van der Waals surface area contributed by atoms with Crippen molar-refractivity contribution in [3.8, 4) is 0 Å². The SMILES string of the molecule is CCOC(=O)C1=C(COC(=O)c2ccccc2C(F)(F)F)NC(=O)N[C@@H]1c1ccco1. The Bertz CT molecular complexity index is 1010. The molecular weight excluding hydrogens is 421 g/mol. The van der Waals surface area contributed by atoms with Gasteiger partial charge in [-0.05, 0) is 31.2 Å². The van der Waals surface area contributed by atoms with E-state index < -0.39 is 47.9 Å². The fourth-order valence-corrected chi connectivity index (χ4v) is 2.97. The third-order valence-electron chi connectivity index (χ3n) is 4.28. The maximum Gasteiger partial charge on any atom is 0.417 e. The molecule has 11 heteroatoms. The highest BCUT2D eigenvalue weighted by Crippen LogP contribution is 2.32. The smallest absolute Gasteiger partial charge is 0.417 e. The second-order valence-corrected chi connectivity index (χ2v) is 6.28. The maximum absolute atomic E-state index is 13.2. The number of furan rings is 1. The summed E-state index contributed by atoms with van der Waals surface area (Å²) < 4.78 is 54.8. The Morgan fingerprint density at radius 1 is 1.10 bits per heavy atom. The summed E-state index contributed by atoms with van der Waals surface area (Å²) >= 11 is 0. The van der Waals surface area contributed by atoms with E-state index >= 15 is 0 Å². The molecule has 0 fully saturated rings. The molecule has 2 N–H and O–H groups in total. The summed E-state index contributed by atoms with van der Waals surface area (Å²) in [5.41, 5.74) is -2.10. The van der Waals surface area contributed by atoms with Crippen LogP contribution in [0.3, 0.4) is 0 Å². The van der Waals surface area contributed by atoms with E-state index in [1.807, 2.05) is 0 Å². The zero-order valence-corrected chi connectivity index (χ0v) is 16.1. The quantitative estimate of drug-likeness (QED) is 0.670. The molecule has 2 heterocycles. The summed E-state index contributed by atoms with van der Waals surface area (Å²) in [4.78, 5) is 36.9. The number of carbonyl (C=O) groups is 3. The Morgan fingerprint density at radius 3 is 2.48 bits per heavy atom. The highest BCUT2D eigenvalue weighted by Gasteiger charge is 2.37. The molecule has 164 valence electrons. The molecule has 2 aromatic rings. The molecule has 0 unspecified atom stereocenters. The molecule has 0 saturated carbocycles. The van der Waals surface area contributed by atoms with Gasteiger partial charge in [0.1, 0.15) is 18.4 Å². The number of hydrogen-bond donors (Lipinski definition) is 2. The Hall–Kier alpha value is -3.76. The van der Waals surface area contributed by atoms with Crippen molar-refractivity contribution in [2.24, 2.45) is 0 Å². The molecule has 3 rings (SSSR count). The Kier molecular flexibility index (Phi) is 6.33. The normalized spacial score (nSPS) is 16.4. The summed E-state index contributed by atoms with van der Waals surface area (Å²) in [5, 5.41) is 4.83. The van der Waals surface area contributed by atoms with E-state index in [4.69, 9.17) is 13.9 Å². The van der Waals surface area contributed by atoms with Gasteiger partial charge in [-0.3, -0.25) is 0 Å². The van der Waals surface area contributed by atoms with Gasteiger partial charge in [-0.1, -0.05) is 12.1 Å². The van der Waals surface area contributed by atoms with Crippen molar-refractivity contribution in [1.82, 2.24) is 10.6 Å². The van der Waals surface area contributed by atoms with Crippen LogP contribution in [-0.4, -0.2) is 31.2 Å². The lowest BCUT2D eigenvalue weighted by atomic mass is 10.0. The molecule has 0 bridgehead atoms. The van der Waals surface area contributed by atoms with Crippen molar-refractivity contribution in [2.75, 3.05) is 13.2 Å². The predicted molar refractivity (Wildman–Crippen MR) is 98.5 cm³/mol. The van der Waals surface area contributed by atoms with Crippen LogP contribution in [0, 0.1) is 0 Å². The number of amides is 2. The molecular formula is C20H17F3N2O6. The van der Waals surface area contributed by atoms with E-state index in [1.54, 1.807) is 13.0 Å². The minimum absolute atomic E-state index is 0.0210. The maximum atomic E-state index is 13.2. The number of halogens is 3. The predicted octanol–water partition coefficient (Wildman–Crippen LogP) is 3.33. The first-order chi connectivity index (χ1) is 14.7. The van der Waals surface area contributed by atoms with Crippen LogP contribution in [-0.2, 0) is 20.4 Å². The molecule has 0 radical (unpaired) electrons. The van der Waals surface area contributed by atoms with E-state index in [1.165, 1.54) is 18.4 Å². The molecule has 2 amide bonds. The topological polar surface area (TPSA) is 107 Å². The Balaban J connectivity index is 1.92. The first-order valence-corrected chi connectivity index (χ1v) is 9.06. The van der Waals surface area contributed by atoms with Gasteiger partial charge in [-0.15, -0.1) is 0 Å². The monoisotopic (exact) mass is 438 g/mol. The summed E-state index contributed by atoms with van der Waals surface area (Å²) in [6.07, 6.45) is -3.43. The first kappa shape index (κ1) is 21.9. The van der Waals surface area contributed by atoms with Crippen LogP contribution in [0.1, 0.15) is 34.6 Å². The van der Waals surface area contributed by atoms with Gasteiger partial charge in [-0.25, -0.2) is 14.4 Å². The molecule has 1 aromatic heterocycles.